The number of nitrogens with one attached hydrogen (secondary N) is 1. The number of rotatable bonds is 5. The first-order valence-corrected chi connectivity index (χ1v) is 6.39. The lowest BCUT2D eigenvalue weighted by Crippen LogP contribution is -2.38. The summed E-state index contributed by atoms with van der Waals surface area (Å²) in [6.45, 7) is 0.210. The van der Waals surface area contributed by atoms with Gasteiger partial charge >= 0.3 is 12.0 Å². The Morgan fingerprint density at radius 3 is 2.50 bits per heavy atom. The van der Waals surface area contributed by atoms with Crippen molar-refractivity contribution in [3.05, 3.63) is 29.8 Å². The van der Waals surface area contributed by atoms with Crippen LogP contribution >= 0.6 is 0 Å². The number of anilines is 1. The van der Waals surface area contributed by atoms with Crippen LogP contribution in [0, 0.1) is 11.3 Å². The summed E-state index contributed by atoms with van der Waals surface area (Å²) in [6, 6.07) is 8.40. The zero-order valence-corrected chi connectivity index (χ0v) is 10.9. The Morgan fingerprint density at radius 2 is 2.00 bits per heavy atom. The van der Waals surface area contributed by atoms with Crippen LogP contribution in [0.3, 0.4) is 0 Å². The number of nitriles is 1. The highest BCUT2D eigenvalue weighted by Gasteiger charge is 2.32. The van der Waals surface area contributed by atoms with Crippen molar-refractivity contribution in [2.75, 3.05) is 11.9 Å². The molecule has 2 rings (SSSR count). The second kappa shape index (κ2) is 6.06. The van der Waals surface area contributed by atoms with Gasteiger partial charge in [-0.05, 0) is 37.1 Å². The second-order valence-electron chi connectivity index (χ2n) is 4.69. The molecule has 0 atom stereocenters. The molecule has 1 aromatic carbocycles. The smallest absolute Gasteiger partial charge is 0.322 e. The summed E-state index contributed by atoms with van der Waals surface area (Å²) in [4.78, 5) is 24.3. The number of carbonyl (C=O) groups excluding carboxylic acids is 1. The Labute approximate surface area is 116 Å². The van der Waals surface area contributed by atoms with Crippen molar-refractivity contribution in [1.29, 1.82) is 5.26 Å². The molecule has 0 aromatic heterocycles. The monoisotopic (exact) mass is 273 g/mol. The minimum absolute atomic E-state index is 0.0582. The number of amides is 2. The SMILES string of the molecule is N#Cc1ccc(NC(=O)N(CCC(=O)O)C2CC2)cc1. The number of benzene rings is 1. The fourth-order valence-electron chi connectivity index (χ4n) is 1.88. The summed E-state index contributed by atoms with van der Waals surface area (Å²) in [6.07, 6.45) is 1.78. The van der Waals surface area contributed by atoms with Crippen molar-refractivity contribution in [3.63, 3.8) is 0 Å². The van der Waals surface area contributed by atoms with Gasteiger partial charge in [0.1, 0.15) is 0 Å². The average Bonchev–Trinajstić information content (AvgIpc) is 3.24. The molecule has 1 aliphatic rings. The van der Waals surface area contributed by atoms with Crippen molar-refractivity contribution in [2.45, 2.75) is 25.3 Å². The van der Waals surface area contributed by atoms with Gasteiger partial charge in [-0.15, -0.1) is 0 Å². The fraction of sp³-hybridized carbons (Fsp3) is 0.357. The topological polar surface area (TPSA) is 93.4 Å². The summed E-state index contributed by atoms with van der Waals surface area (Å²) in [7, 11) is 0. The molecular formula is C14H15N3O3. The Hall–Kier alpha value is -2.55. The lowest BCUT2D eigenvalue weighted by molar-refractivity contribution is -0.137. The lowest BCUT2D eigenvalue weighted by atomic mass is 10.2. The number of hydrogen-bond acceptors (Lipinski definition) is 3. The van der Waals surface area contributed by atoms with Crippen LogP contribution in [0.25, 0.3) is 0 Å². The standard InChI is InChI=1S/C14H15N3O3/c15-9-10-1-3-11(4-2-10)16-14(20)17(12-5-6-12)8-7-13(18)19/h1-4,12H,5-8H2,(H,16,20)(H,18,19). The second-order valence-corrected chi connectivity index (χ2v) is 4.69. The van der Waals surface area contributed by atoms with Gasteiger partial charge in [-0.1, -0.05) is 0 Å². The van der Waals surface area contributed by atoms with Crippen molar-refractivity contribution in [3.8, 4) is 6.07 Å². The summed E-state index contributed by atoms with van der Waals surface area (Å²) < 4.78 is 0. The van der Waals surface area contributed by atoms with Crippen LogP contribution < -0.4 is 5.32 Å². The predicted octanol–water partition coefficient (Wildman–Crippen LogP) is 2.03. The highest BCUT2D eigenvalue weighted by molar-refractivity contribution is 5.90. The zero-order chi connectivity index (χ0) is 14.5. The van der Waals surface area contributed by atoms with E-state index in [-0.39, 0.29) is 25.0 Å². The Morgan fingerprint density at radius 1 is 1.35 bits per heavy atom. The molecule has 0 bridgehead atoms. The molecular weight excluding hydrogens is 258 g/mol. The minimum Gasteiger partial charge on any atom is -0.481 e. The summed E-state index contributed by atoms with van der Waals surface area (Å²) in [5, 5.41) is 20.1. The van der Waals surface area contributed by atoms with E-state index in [1.54, 1.807) is 29.2 Å². The normalized spacial score (nSPS) is 13.3. The number of nitrogens with zero attached hydrogens (tertiary/aromatic N) is 2. The van der Waals surface area contributed by atoms with Gasteiger partial charge in [-0.3, -0.25) is 4.79 Å². The number of urea groups is 1. The van der Waals surface area contributed by atoms with Crippen LogP contribution in [-0.4, -0.2) is 34.6 Å². The molecule has 1 aliphatic carbocycles. The maximum absolute atomic E-state index is 12.1. The Balaban J connectivity index is 1.96. The molecule has 1 fully saturated rings. The number of aliphatic carboxylic acids is 1. The van der Waals surface area contributed by atoms with E-state index in [0.29, 0.717) is 11.3 Å². The van der Waals surface area contributed by atoms with Crippen LogP contribution in [0.2, 0.25) is 0 Å². The summed E-state index contributed by atoms with van der Waals surface area (Å²) in [5.41, 5.74) is 1.11. The van der Waals surface area contributed by atoms with Crippen molar-refractivity contribution >= 4 is 17.7 Å². The van der Waals surface area contributed by atoms with Crippen molar-refractivity contribution in [2.24, 2.45) is 0 Å². The summed E-state index contributed by atoms with van der Waals surface area (Å²) >= 11 is 0. The molecule has 2 amide bonds. The molecule has 20 heavy (non-hydrogen) atoms. The number of carboxylic acid groups (broad SMARTS) is 1. The van der Waals surface area contributed by atoms with E-state index in [2.05, 4.69) is 5.32 Å². The molecule has 0 unspecified atom stereocenters. The number of carbonyl (C=O) groups is 2. The minimum atomic E-state index is -0.915. The van der Waals surface area contributed by atoms with Gasteiger partial charge < -0.3 is 15.3 Å². The van der Waals surface area contributed by atoms with Gasteiger partial charge in [-0.2, -0.15) is 5.26 Å². The van der Waals surface area contributed by atoms with Crippen molar-refractivity contribution in [1.82, 2.24) is 4.90 Å². The van der Waals surface area contributed by atoms with Crippen LogP contribution in [0.1, 0.15) is 24.8 Å². The van der Waals surface area contributed by atoms with Crippen molar-refractivity contribution < 1.29 is 14.7 Å². The lowest BCUT2D eigenvalue weighted by Gasteiger charge is -2.22. The largest absolute Gasteiger partial charge is 0.481 e. The van der Waals surface area contributed by atoms with E-state index in [1.807, 2.05) is 6.07 Å². The fourth-order valence-corrected chi connectivity index (χ4v) is 1.88. The van der Waals surface area contributed by atoms with E-state index in [1.165, 1.54) is 0 Å². The van der Waals surface area contributed by atoms with Crippen LogP contribution in [0.15, 0.2) is 24.3 Å². The first kappa shape index (κ1) is 13.9. The van der Waals surface area contributed by atoms with Gasteiger partial charge in [0.25, 0.3) is 0 Å². The van der Waals surface area contributed by atoms with Gasteiger partial charge in [0.05, 0.1) is 18.1 Å². The quantitative estimate of drug-likeness (QED) is 0.858. The Bertz CT molecular complexity index is 544. The summed E-state index contributed by atoms with van der Waals surface area (Å²) in [5.74, 6) is -0.915. The molecule has 104 valence electrons. The number of hydrogen-bond donors (Lipinski definition) is 2. The first-order valence-electron chi connectivity index (χ1n) is 6.39. The first-order chi connectivity index (χ1) is 9.60. The Kier molecular flexibility index (Phi) is 4.20. The maximum atomic E-state index is 12.1. The highest BCUT2D eigenvalue weighted by Crippen LogP contribution is 2.27. The highest BCUT2D eigenvalue weighted by atomic mass is 16.4. The third-order valence-electron chi connectivity index (χ3n) is 3.08. The molecule has 6 heteroatoms. The zero-order valence-electron chi connectivity index (χ0n) is 10.9. The molecule has 1 aromatic rings. The van der Waals surface area contributed by atoms with Gasteiger partial charge in [-0.25, -0.2) is 4.79 Å². The van der Waals surface area contributed by atoms with Crippen LogP contribution in [0.4, 0.5) is 10.5 Å². The van der Waals surface area contributed by atoms with Gasteiger partial charge in [0, 0.05) is 18.3 Å². The predicted molar refractivity (Wildman–Crippen MR) is 72.2 cm³/mol. The molecule has 1 saturated carbocycles. The van der Waals surface area contributed by atoms with Gasteiger partial charge in [0.2, 0.25) is 0 Å². The molecule has 2 N–H and O–H groups in total. The van der Waals surface area contributed by atoms with E-state index in [0.717, 1.165) is 12.8 Å². The van der Waals surface area contributed by atoms with Gasteiger partial charge in [0.15, 0.2) is 0 Å². The third-order valence-corrected chi connectivity index (χ3v) is 3.08. The molecule has 6 nitrogen and oxygen atoms in total. The molecule has 0 radical (unpaired) electrons. The third kappa shape index (κ3) is 3.72. The molecule has 0 aliphatic heterocycles. The maximum Gasteiger partial charge on any atom is 0.322 e. The van der Waals surface area contributed by atoms with E-state index < -0.39 is 5.97 Å². The average molecular weight is 273 g/mol. The molecule has 0 spiro atoms. The van der Waals surface area contributed by atoms with E-state index in [4.69, 9.17) is 10.4 Å². The molecule has 0 heterocycles. The van der Waals surface area contributed by atoms with Crippen LogP contribution in [-0.2, 0) is 4.79 Å². The number of carboxylic acids is 1. The van der Waals surface area contributed by atoms with E-state index in [9.17, 15) is 9.59 Å². The van der Waals surface area contributed by atoms with E-state index >= 15 is 0 Å². The molecule has 0 saturated heterocycles. The van der Waals surface area contributed by atoms with Crippen LogP contribution in [0.5, 0.6) is 0 Å².